The summed E-state index contributed by atoms with van der Waals surface area (Å²) in [4.78, 5) is 42.4. The van der Waals surface area contributed by atoms with E-state index in [1.54, 1.807) is 13.8 Å². The van der Waals surface area contributed by atoms with E-state index in [2.05, 4.69) is 35.9 Å². The first-order valence-corrected chi connectivity index (χ1v) is 5.77. The van der Waals surface area contributed by atoms with Crippen molar-refractivity contribution in [2.45, 2.75) is 13.8 Å². The number of H-pyrrole nitrogens is 3. The van der Waals surface area contributed by atoms with Crippen molar-refractivity contribution in [3.8, 4) is 0 Å². The van der Waals surface area contributed by atoms with Gasteiger partial charge in [-0.1, -0.05) is 0 Å². The zero-order valence-electron chi connectivity index (χ0n) is 9.73. The van der Waals surface area contributed by atoms with Crippen LogP contribution in [0.2, 0.25) is 0 Å². The quantitative estimate of drug-likeness (QED) is 0.500. The summed E-state index contributed by atoms with van der Waals surface area (Å²) in [5.41, 5.74) is 0.256. The zero-order chi connectivity index (χ0) is 13.7. The summed E-state index contributed by atoms with van der Waals surface area (Å²) < 4.78 is 0.533. The van der Waals surface area contributed by atoms with E-state index < -0.39 is 5.69 Å². The summed E-state index contributed by atoms with van der Waals surface area (Å²) in [6.45, 7) is 3.33. The monoisotopic (exact) mass is 315 g/mol. The summed E-state index contributed by atoms with van der Waals surface area (Å²) >= 11 is 2.60. The average Bonchev–Trinajstić information content (AvgIpc) is 2.30. The molecule has 18 heavy (non-hydrogen) atoms. The Hall–Kier alpha value is -1.92. The molecule has 0 saturated carbocycles. The number of nitrogens with one attached hydrogen (secondary N) is 3. The number of hydrogen-bond acceptors (Lipinski definition) is 4. The predicted molar refractivity (Wildman–Crippen MR) is 67.4 cm³/mol. The van der Waals surface area contributed by atoms with Crippen LogP contribution in [0.4, 0.5) is 0 Å². The second kappa shape index (κ2) is 6.13. The van der Waals surface area contributed by atoms with Crippen LogP contribution in [0.3, 0.4) is 0 Å². The molecular formula is C10H11N4O3Se. The molecule has 2 rings (SSSR count). The molecule has 8 heteroatoms. The summed E-state index contributed by atoms with van der Waals surface area (Å²) in [6.07, 6.45) is 2.91. The van der Waals surface area contributed by atoms with Gasteiger partial charge in [-0.25, -0.2) is 4.79 Å². The SMILES string of the molecule is Cc1c[nH]c(=O)[nH]c1=O.Cc1cnc([Se])[nH]c1=O. The number of rotatable bonds is 0. The van der Waals surface area contributed by atoms with Crippen molar-refractivity contribution in [2.75, 3.05) is 0 Å². The molecule has 1 radical (unpaired) electrons. The van der Waals surface area contributed by atoms with Gasteiger partial charge in [0.05, 0.1) is 0 Å². The Kier molecular flexibility index (Phi) is 4.82. The first-order valence-electron chi connectivity index (χ1n) is 4.91. The van der Waals surface area contributed by atoms with E-state index in [9.17, 15) is 14.4 Å². The van der Waals surface area contributed by atoms with Crippen LogP contribution >= 0.6 is 0 Å². The zero-order valence-corrected chi connectivity index (χ0v) is 11.4. The molecule has 0 bridgehead atoms. The van der Waals surface area contributed by atoms with Crippen molar-refractivity contribution < 1.29 is 0 Å². The van der Waals surface area contributed by atoms with Crippen LogP contribution in [-0.4, -0.2) is 35.9 Å². The van der Waals surface area contributed by atoms with E-state index in [-0.39, 0.29) is 11.1 Å². The molecule has 3 N–H and O–H groups in total. The molecule has 0 atom stereocenters. The maximum atomic E-state index is 10.7. The van der Waals surface area contributed by atoms with E-state index in [0.29, 0.717) is 15.8 Å². The van der Waals surface area contributed by atoms with Crippen molar-refractivity contribution in [2.24, 2.45) is 0 Å². The van der Waals surface area contributed by atoms with Crippen molar-refractivity contribution in [1.82, 2.24) is 19.9 Å². The molecule has 95 valence electrons. The third-order valence-corrected chi connectivity index (χ3v) is 2.39. The Bertz CT molecular complexity index is 701. The molecule has 0 aliphatic carbocycles. The molecule has 0 aromatic carbocycles. The third-order valence-electron chi connectivity index (χ3n) is 1.96. The molecule has 0 unspecified atom stereocenters. The van der Waals surface area contributed by atoms with Gasteiger partial charge in [0, 0.05) is 11.8 Å². The first kappa shape index (κ1) is 14.1. The normalized spacial score (nSPS) is 9.44. The van der Waals surface area contributed by atoms with E-state index in [0.717, 1.165) is 0 Å². The number of nitrogens with zero attached hydrogens (tertiary/aromatic N) is 1. The van der Waals surface area contributed by atoms with Crippen LogP contribution in [0.1, 0.15) is 11.1 Å². The maximum absolute atomic E-state index is 10.7. The number of aromatic nitrogens is 4. The molecule has 0 aliphatic rings. The summed E-state index contributed by atoms with van der Waals surface area (Å²) in [5.74, 6) is 0. The molecule has 0 amide bonds. The second-order valence-corrected chi connectivity index (χ2v) is 4.27. The number of aromatic amines is 3. The Labute approximate surface area is 110 Å². The minimum absolute atomic E-state index is 0.0845. The molecular weight excluding hydrogens is 303 g/mol. The topological polar surface area (TPSA) is 111 Å². The fraction of sp³-hybridized carbons (Fsp3) is 0.200. The Balaban J connectivity index is 0.000000180. The van der Waals surface area contributed by atoms with E-state index in [1.165, 1.54) is 12.4 Å². The molecule has 0 spiro atoms. The first-order chi connectivity index (χ1) is 8.40. The van der Waals surface area contributed by atoms with Gasteiger partial charge in [0.2, 0.25) is 0 Å². The van der Waals surface area contributed by atoms with Crippen LogP contribution in [0, 0.1) is 13.8 Å². The van der Waals surface area contributed by atoms with Crippen molar-refractivity contribution in [1.29, 1.82) is 0 Å². The van der Waals surface area contributed by atoms with E-state index in [4.69, 9.17) is 0 Å². The summed E-state index contributed by atoms with van der Waals surface area (Å²) in [7, 11) is 0. The molecule has 0 aliphatic heterocycles. The fourth-order valence-electron chi connectivity index (χ4n) is 0.919. The van der Waals surface area contributed by atoms with Crippen LogP contribution in [0.25, 0.3) is 0 Å². The van der Waals surface area contributed by atoms with Gasteiger partial charge in [0.15, 0.2) is 0 Å². The van der Waals surface area contributed by atoms with Crippen molar-refractivity contribution >= 4 is 20.7 Å². The standard InChI is InChI=1S/C5H6N2O2.C5H5N2OSe/c2*1-3-2-6-5(9)7-4(3)8/h2H,1H3,(H2,6,7,8,9);2H,1H3,(H,6,7,8). The third kappa shape index (κ3) is 4.15. The summed E-state index contributed by atoms with van der Waals surface area (Å²) in [5, 5.41) is 0. The van der Waals surface area contributed by atoms with Gasteiger partial charge in [0.1, 0.15) is 0 Å². The summed E-state index contributed by atoms with van der Waals surface area (Å²) in [6, 6.07) is 0. The molecule has 2 heterocycles. The van der Waals surface area contributed by atoms with Crippen molar-refractivity contribution in [3.05, 3.63) is 54.7 Å². The van der Waals surface area contributed by atoms with Gasteiger partial charge < -0.3 is 4.98 Å². The van der Waals surface area contributed by atoms with Gasteiger partial charge in [-0.15, -0.1) is 0 Å². The van der Waals surface area contributed by atoms with Gasteiger partial charge >= 0.3 is 65.4 Å². The Morgan fingerprint density at radius 1 is 1.06 bits per heavy atom. The number of aryl methyl sites for hydroxylation is 2. The second-order valence-electron chi connectivity index (χ2n) is 3.46. The van der Waals surface area contributed by atoms with Crippen LogP contribution < -0.4 is 21.5 Å². The van der Waals surface area contributed by atoms with E-state index in [1.807, 2.05) is 0 Å². The molecule has 0 fully saturated rings. The minimum atomic E-state index is -0.467. The van der Waals surface area contributed by atoms with Crippen LogP contribution in [0.5, 0.6) is 0 Å². The average molecular weight is 314 g/mol. The predicted octanol–water partition coefficient (Wildman–Crippen LogP) is -1.76. The Morgan fingerprint density at radius 2 is 1.67 bits per heavy atom. The van der Waals surface area contributed by atoms with Crippen LogP contribution in [-0.2, 0) is 0 Å². The van der Waals surface area contributed by atoms with Crippen LogP contribution in [0.15, 0.2) is 26.8 Å². The van der Waals surface area contributed by atoms with Gasteiger partial charge in [0.25, 0.3) is 5.56 Å². The van der Waals surface area contributed by atoms with Gasteiger partial charge in [-0.05, 0) is 6.92 Å². The fourth-order valence-corrected chi connectivity index (χ4v) is 1.22. The molecule has 0 saturated heterocycles. The molecule has 2 aromatic rings. The molecule has 2 aromatic heterocycles. The number of hydrogen-bond donors (Lipinski definition) is 3. The molecule has 7 nitrogen and oxygen atoms in total. The van der Waals surface area contributed by atoms with E-state index >= 15 is 0 Å². The van der Waals surface area contributed by atoms with Gasteiger partial charge in [-0.3, -0.25) is 9.78 Å². The Morgan fingerprint density at radius 3 is 2.11 bits per heavy atom. The van der Waals surface area contributed by atoms with Gasteiger partial charge in [-0.2, -0.15) is 0 Å². The van der Waals surface area contributed by atoms with Crippen molar-refractivity contribution in [3.63, 3.8) is 0 Å².